The van der Waals surface area contributed by atoms with E-state index in [0.717, 1.165) is 10.9 Å². The molecule has 0 bridgehead atoms. The van der Waals surface area contributed by atoms with Gasteiger partial charge in [0.25, 0.3) is 5.91 Å². The number of aliphatic hydroxyl groups excluding tert-OH is 1. The first-order valence-electron chi connectivity index (χ1n) is 5.40. The standard InChI is InChI=1S/C12H15N3O2/c1-7(6-16)14-12(17)11-5-8-4-9(13)2-3-10(8)15-11/h2-5,7,15-16H,6,13H2,1H3,(H,14,17). The van der Waals surface area contributed by atoms with Gasteiger partial charge in [-0.2, -0.15) is 0 Å². The van der Waals surface area contributed by atoms with Crippen molar-refractivity contribution in [2.24, 2.45) is 0 Å². The van der Waals surface area contributed by atoms with Crippen LogP contribution in [0.5, 0.6) is 0 Å². The van der Waals surface area contributed by atoms with Gasteiger partial charge in [0.15, 0.2) is 0 Å². The van der Waals surface area contributed by atoms with Crippen molar-refractivity contribution in [3.63, 3.8) is 0 Å². The second kappa shape index (κ2) is 4.47. The van der Waals surface area contributed by atoms with Crippen molar-refractivity contribution in [2.75, 3.05) is 12.3 Å². The Bertz CT molecular complexity index is 548. The van der Waals surface area contributed by atoms with Crippen LogP contribution in [0.25, 0.3) is 10.9 Å². The van der Waals surface area contributed by atoms with Crippen molar-refractivity contribution in [1.29, 1.82) is 0 Å². The van der Waals surface area contributed by atoms with E-state index in [1.54, 1.807) is 25.1 Å². The minimum atomic E-state index is -0.265. The van der Waals surface area contributed by atoms with Crippen LogP contribution in [0.3, 0.4) is 0 Å². The first-order valence-corrected chi connectivity index (χ1v) is 5.40. The molecule has 5 N–H and O–H groups in total. The number of amides is 1. The first-order chi connectivity index (χ1) is 8.10. The highest BCUT2D eigenvalue weighted by molar-refractivity contribution is 5.98. The maximum Gasteiger partial charge on any atom is 0.268 e. The molecule has 5 nitrogen and oxygen atoms in total. The quantitative estimate of drug-likeness (QED) is 0.592. The lowest BCUT2D eigenvalue weighted by Crippen LogP contribution is -2.35. The van der Waals surface area contributed by atoms with Gasteiger partial charge in [-0.25, -0.2) is 0 Å². The molecule has 0 radical (unpaired) electrons. The first kappa shape index (κ1) is 11.5. The molecule has 0 saturated carbocycles. The van der Waals surface area contributed by atoms with Gasteiger partial charge in [0, 0.05) is 22.6 Å². The molecule has 1 atom stereocenters. The molecule has 0 fully saturated rings. The largest absolute Gasteiger partial charge is 0.399 e. The smallest absolute Gasteiger partial charge is 0.268 e. The molecule has 5 heteroatoms. The summed E-state index contributed by atoms with van der Waals surface area (Å²) in [4.78, 5) is 14.8. The molecule has 2 rings (SSSR count). The molecule has 0 saturated heterocycles. The average molecular weight is 233 g/mol. The Hall–Kier alpha value is -2.01. The molecule has 0 aliphatic rings. The van der Waals surface area contributed by atoms with Crippen LogP contribution in [0.1, 0.15) is 17.4 Å². The van der Waals surface area contributed by atoms with Crippen LogP contribution in [0, 0.1) is 0 Å². The molecule has 1 unspecified atom stereocenters. The number of rotatable bonds is 3. The number of nitrogens with one attached hydrogen (secondary N) is 2. The number of anilines is 1. The molecule has 17 heavy (non-hydrogen) atoms. The van der Waals surface area contributed by atoms with Gasteiger partial charge in [-0.05, 0) is 31.2 Å². The monoisotopic (exact) mass is 233 g/mol. The number of hydrogen-bond donors (Lipinski definition) is 4. The maximum atomic E-state index is 11.8. The Morgan fingerprint density at radius 2 is 2.29 bits per heavy atom. The number of fused-ring (bicyclic) bond motifs is 1. The summed E-state index contributed by atoms with van der Waals surface area (Å²) >= 11 is 0. The summed E-state index contributed by atoms with van der Waals surface area (Å²) in [5.41, 5.74) is 7.65. The molecule has 2 aromatic rings. The van der Waals surface area contributed by atoms with Crippen LogP contribution < -0.4 is 11.1 Å². The minimum absolute atomic E-state index is 0.0844. The van der Waals surface area contributed by atoms with Gasteiger partial charge in [-0.1, -0.05) is 0 Å². The van der Waals surface area contributed by atoms with Gasteiger partial charge < -0.3 is 21.1 Å². The molecular formula is C12H15N3O2. The van der Waals surface area contributed by atoms with E-state index in [2.05, 4.69) is 10.3 Å². The Labute approximate surface area is 98.6 Å². The van der Waals surface area contributed by atoms with Crippen molar-refractivity contribution < 1.29 is 9.90 Å². The number of hydrogen-bond acceptors (Lipinski definition) is 3. The van der Waals surface area contributed by atoms with Crippen molar-refractivity contribution in [3.8, 4) is 0 Å². The predicted octanol–water partition coefficient (Wildman–Crippen LogP) is 0.861. The maximum absolute atomic E-state index is 11.8. The molecule has 90 valence electrons. The zero-order chi connectivity index (χ0) is 12.4. The van der Waals surface area contributed by atoms with E-state index in [-0.39, 0.29) is 18.6 Å². The average Bonchev–Trinajstić information content (AvgIpc) is 2.71. The highest BCUT2D eigenvalue weighted by atomic mass is 16.3. The van der Waals surface area contributed by atoms with Gasteiger partial charge in [0.05, 0.1) is 6.61 Å². The topological polar surface area (TPSA) is 91.1 Å². The van der Waals surface area contributed by atoms with E-state index < -0.39 is 0 Å². The van der Waals surface area contributed by atoms with Crippen LogP contribution in [0.2, 0.25) is 0 Å². The summed E-state index contributed by atoms with van der Waals surface area (Å²) in [6, 6.07) is 6.88. The fourth-order valence-corrected chi connectivity index (χ4v) is 1.62. The summed E-state index contributed by atoms with van der Waals surface area (Å²) in [7, 11) is 0. The lowest BCUT2D eigenvalue weighted by molar-refractivity contribution is 0.0918. The van der Waals surface area contributed by atoms with Gasteiger partial charge in [0.1, 0.15) is 5.69 Å². The SMILES string of the molecule is CC(CO)NC(=O)c1cc2cc(N)ccc2[nH]1. The fraction of sp³-hybridized carbons (Fsp3) is 0.250. The third-order valence-electron chi connectivity index (χ3n) is 2.54. The summed E-state index contributed by atoms with van der Waals surface area (Å²) in [6.45, 7) is 1.65. The molecule has 1 aromatic carbocycles. The van der Waals surface area contributed by atoms with Gasteiger partial charge in [0.2, 0.25) is 0 Å². The Morgan fingerprint density at radius 1 is 1.53 bits per heavy atom. The number of aromatic nitrogens is 1. The molecule has 1 heterocycles. The normalized spacial score (nSPS) is 12.6. The van der Waals surface area contributed by atoms with Crippen LogP contribution in [0.15, 0.2) is 24.3 Å². The van der Waals surface area contributed by atoms with Crippen LogP contribution >= 0.6 is 0 Å². The number of nitrogens with two attached hydrogens (primary N) is 1. The van der Waals surface area contributed by atoms with Crippen molar-refractivity contribution in [1.82, 2.24) is 10.3 Å². The molecule has 0 spiro atoms. The summed E-state index contributed by atoms with van der Waals surface area (Å²) < 4.78 is 0. The van der Waals surface area contributed by atoms with E-state index >= 15 is 0 Å². The third kappa shape index (κ3) is 2.39. The Kier molecular flexibility index (Phi) is 3.01. The summed E-state index contributed by atoms with van der Waals surface area (Å²) in [5.74, 6) is -0.235. The number of nitrogen functional groups attached to an aromatic ring is 1. The van der Waals surface area contributed by atoms with Crippen LogP contribution in [0.4, 0.5) is 5.69 Å². The van der Waals surface area contributed by atoms with E-state index in [1.165, 1.54) is 0 Å². The zero-order valence-electron chi connectivity index (χ0n) is 9.53. The van der Waals surface area contributed by atoms with Gasteiger partial charge in [-0.15, -0.1) is 0 Å². The second-order valence-corrected chi connectivity index (χ2v) is 4.09. The van der Waals surface area contributed by atoms with E-state index in [0.29, 0.717) is 11.4 Å². The number of H-pyrrole nitrogens is 1. The van der Waals surface area contributed by atoms with E-state index in [1.807, 2.05) is 6.07 Å². The number of aromatic amines is 1. The fourth-order valence-electron chi connectivity index (χ4n) is 1.62. The molecule has 1 aromatic heterocycles. The molecule has 0 aliphatic heterocycles. The zero-order valence-corrected chi connectivity index (χ0v) is 9.53. The van der Waals surface area contributed by atoms with Crippen LogP contribution in [-0.4, -0.2) is 28.6 Å². The highest BCUT2D eigenvalue weighted by Crippen LogP contribution is 2.18. The molecular weight excluding hydrogens is 218 g/mol. The van der Waals surface area contributed by atoms with Gasteiger partial charge in [-0.3, -0.25) is 4.79 Å². The Morgan fingerprint density at radius 3 is 3.00 bits per heavy atom. The summed E-state index contributed by atoms with van der Waals surface area (Å²) in [6.07, 6.45) is 0. The third-order valence-corrected chi connectivity index (χ3v) is 2.54. The second-order valence-electron chi connectivity index (χ2n) is 4.09. The lowest BCUT2D eigenvalue weighted by Gasteiger charge is -2.08. The number of carbonyl (C=O) groups excluding carboxylic acids is 1. The number of aliphatic hydroxyl groups is 1. The number of carbonyl (C=O) groups is 1. The number of benzene rings is 1. The van der Waals surface area contributed by atoms with Gasteiger partial charge >= 0.3 is 0 Å². The minimum Gasteiger partial charge on any atom is -0.399 e. The molecule has 0 aliphatic carbocycles. The summed E-state index contributed by atoms with van der Waals surface area (Å²) in [5, 5.41) is 12.4. The Balaban J connectivity index is 2.27. The lowest BCUT2D eigenvalue weighted by atomic mass is 10.2. The predicted molar refractivity (Wildman–Crippen MR) is 66.7 cm³/mol. The van der Waals surface area contributed by atoms with E-state index in [9.17, 15) is 4.79 Å². The van der Waals surface area contributed by atoms with Crippen molar-refractivity contribution in [3.05, 3.63) is 30.0 Å². The molecule has 1 amide bonds. The van der Waals surface area contributed by atoms with Crippen molar-refractivity contribution in [2.45, 2.75) is 13.0 Å². The van der Waals surface area contributed by atoms with Crippen molar-refractivity contribution >= 4 is 22.5 Å². The van der Waals surface area contributed by atoms with Crippen LogP contribution in [-0.2, 0) is 0 Å². The van der Waals surface area contributed by atoms with E-state index in [4.69, 9.17) is 10.8 Å². The highest BCUT2D eigenvalue weighted by Gasteiger charge is 2.11.